The van der Waals surface area contributed by atoms with Crippen LogP contribution in [-0.4, -0.2) is 11.7 Å². The summed E-state index contributed by atoms with van der Waals surface area (Å²) in [6.45, 7) is 3.69. The van der Waals surface area contributed by atoms with Gasteiger partial charge in [0.05, 0.1) is 0 Å². The lowest BCUT2D eigenvalue weighted by atomic mass is 10.1. The Bertz CT molecular complexity index is 308. The molecular weight excluding hydrogens is 234 g/mol. The predicted molar refractivity (Wildman–Crippen MR) is 80.0 cm³/mol. The number of aliphatic hydroxyl groups is 1. The van der Waals surface area contributed by atoms with E-state index in [9.17, 15) is 0 Å². The topological polar surface area (TPSA) is 24.1 Å². The van der Waals surface area contributed by atoms with E-state index in [4.69, 9.17) is 5.11 Å². The molecular formula is C17H30NO+. The molecule has 1 aromatic rings. The number of rotatable bonds is 11. The standard InChI is InChI=1S/C17H30NO/c1-2-3-4-7-10-17-11-14-18(15-12-17)13-8-5-6-9-16-19/h11-12,14-15,19H,2-10,13,16H2,1H3/q+1. The zero-order valence-electron chi connectivity index (χ0n) is 12.5. The molecule has 0 amide bonds. The van der Waals surface area contributed by atoms with Crippen molar-refractivity contribution in [2.45, 2.75) is 71.3 Å². The second-order valence-electron chi connectivity index (χ2n) is 5.39. The largest absolute Gasteiger partial charge is 0.396 e. The van der Waals surface area contributed by atoms with Crippen LogP contribution in [0.15, 0.2) is 24.5 Å². The highest BCUT2D eigenvalue weighted by molar-refractivity contribution is 5.07. The summed E-state index contributed by atoms with van der Waals surface area (Å²) in [6.07, 6.45) is 15.5. The molecule has 19 heavy (non-hydrogen) atoms. The molecule has 0 atom stereocenters. The molecule has 0 saturated heterocycles. The number of pyridine rings is 1. The summed E-state index contributed by atoms with van der Waals surface area (Å²) in [4.78, 5) is 0. The predicted octanol–water partition coefficient (Wildman–Crippen LogP) is 3.65. The second-order valence-corrected chi connectivity index (χ2v) is 5.39. The number of hydrogen-bond acceptors (Lipinski definition) is 1. The van der Waals surface area contributed by atoms with E-state index in [2.05, 4.69) is 36.0 Å². The van der Waals surface area contributed by atoms with Crippen LogP contribution in [0.1, 0.15) is 63.9 Å². The zero-order chi connectivity index (χ0) is 13.8. The van der Waals surface area contributed by atoms with Crippen LogP contribution in [0.3, 0.4) is 0 Å². The first-order chi connectivity index (χ1) is 9.36. The molecule has 0 saturated carbocycles. The first-order valence-corrected chi connectivity index (χ1v) is 7.95. The smallest absolute Gasteiger partial charge is 0.169 e. The highest BCUT2D eigenvalue weighted by Gasteiger charge is 2.01. The van der Waals surface area contributed by atoms with Gasteiger partial charge in [0.1, 0.15) is 6.54 Å². The molecule has 0 aliphatic rings. The average molecular weight is 264 g/mol. The number of aryl methyl sites for hydroxylation is 2. The Hall–Kier alpha value is -0.890. The number of unbranched alkanes of at least 4 members (excludes halogenated alkanes) is 6. The van der Waals surface area contributed by atoms with E-state index < -0.39 is 0 Å². The maximum atomic E-state index is 8.71. The summed E-state index contributed by atoms with van der Waals surface area (Å²) < 4.78 is 2.27. The fourth-order valence-electron chi connectivity index (χ4n) is 2.32. The second kappa shape index (κ2) is 11.0. The summed E-state index contributed by atoms with van der Waals surface area (Å²) in [7, 11) is 0. The number of hydrogen-bond donors (Lipinski definition) is 1. The van der Waals surface area contributed by atoms with Crippen molar-refractivity contribution in [3.05, 3.63) is 30.1 Å². The quantitative estimate of drug-likeness (QED) is 0.479. The number of aromatic nitrogens is 1. The van der Waals surface area contributed by atoms with Crippen LogP contribution in [0.25, 0.3) is 0 Å². The number of aliphatic hydroxyl groups excluding tert-OH is 1. The minimum atomic E-state index is 0.333. The van der Waals surface area contributed by atoms with E-state index in [1.807, 2.05) is 0 Å². The van der Waals surface area contributed by atoms with Gasteiger partial charge in [-0.2, -0.15) is 0 Å². The van der Waals surface area contributed by atoms with Crippen LogP contribution in [0.2, 0.25) is 0 Å². The fraction of sp³-hybridized carbons (Fsp3) is 0.706. The summed E-state index contributed by atoms with van der Waals surface area (Å²) in [5.74, 6) is 0. The highest BCUT2D eigenvalue weighted by Crippen LogP contribution is 2.06. The van der Waals surface area contributed by atoms with Crippen molar-refractivity contribution in [2.75, 3.05) is 6.61 Å². The summed E-state index contributed by atoms with van der Waals surface area (Å²) in [6, 6.07) is 4.53. The van der Waals surface area contributed by atoms with Gasteiger partial charge in [-0.15, -0.1) is 0 Å². The normalized spacial score (nSPS) is 10.8. The van der Waals surface area contributed by atoms with E-state index in [0.717, 1.165) is 19.4 Å². The molecule has 108 valence electrons. The maximum Gasteiger partial charge on any atom is 0.169 e. The van der Waals surface area contributed by atoms with Gasteiger partial charge < -0.3 is 5.11 Å². The van der Waals surface area contributed by atoms with E-state index >= 15 is 0 Å². The van der Waals surface area contributed by atoms with Gasteiger partial charge >= 0.3 is 0 Å². The fourth-order valence-corrected chi connectivity index (χ4v) is 2.32. The Balaban J connectivity index is 2.16. The molecule has 0 aromatic carbocycles. The third-order valence-corrected chi connectivity index (χ3v) is 3.60. The molecule has 0 fully saturated rings. The van der Waals surface area contributed by atoms with Crippen molar-refractivity contribution >= 4 is 0 Å². The van der Waals surface area contributed by atoms with Gasteiger partial charge in [-0.05, 0) is 31.2 Å². The van der Waals surface area contributed by atoms with Gasteiger partial charge in [0, 0.05) is 25.2 Å². The van der Waals surface area contributed by atoms with Crippen molar-refractivity contribution in [1.82, 2.24) is 0 Å². The third-order valence-electron chi connectivity index (χ3n) is 3.60. The van der Waals surface area contributed by atoms with Gasteiger partial charge in [0.15, 0.2) is 12.4 Å². The van der Waals surface area contributed by atoms with Crippen LogP contribution in [0, 0.1) is 0 Å². The first-order valence-electron chi connectivity index (χ1n) is 7.95. The molecule has 1 rings (SSSR count). The van der Waals surface area contributed by atoms with E-state index in [1.165, 1.54) is 50.5 Å². The molecule has 0 aliphatic carbocycles. The monoisotopic (exact) mass is 264 g/mol. The Morgan fingerprint density at radius 3 is 2.26 bits per heavy atom. The van der Waals surface area contributed by atoms with Crippen molar-refractivity contribution < 1.29 is 9.67 Å². The SMILES string of the molecule is CCCCCCc1cc[n+](CCCCCCO)cc1. The molecule has 2 nitrogen and oxygen atoms in total. The van der Waals surface area contributed by atoms with Crippen molar-refractivity contribution in [3.8, 4) is 0 Å². The van der Waals surface area contributed by atoms with Crippen LogP contribution in [0.5, 0.6) is 0 Å². The van der Waals surface area contributed by atoms with Crippen molar-refractivity contribution in [3.63, 3.8) is 0 Å². The molecule has 0 unspecified atom stereocenters. The molecule has 0 aliphatic heterocycles. The van der Waals surface area contributed by atoms with Gasteiger partial charge in [-0.1, -0.05) is 32.6 Å². The van der Waals surface area contributed by atoms with Crippen LogP contribution >= 0.6 is 0 Å². The molecule has 0 bridgehead atoms. The molecule has 1 heterocycles. The third kappa shape index (κ3) is 7.99. The zero-order valence-corrected chi connectivity index (χ0v) is 12.5. The average Bonchev–Trinajstić information content (AvgIpc) is 2.45. The Morgan fingerprint density at radius 1 is 0.895 bits per heavy atom. The minimum Gasteiger partial charge on any atom is -0.396 e. The summed E-state index contributed by atoms with van der Waals surface area (Å²) >= 11 is 0. The van der Waals surface area contributed by atoms with E-state index in [0.29, 0.717) is 6.61 Å². The van der Waals surface area contributed by atoms with Gasteiger partial charge in [0.25, 0.3) is 0 Å². The van der Waals surface area contributed by atoms with Gasteiger partial charge in [-0.25, -0.2) is 4.57 Å². The lowest BCUT2D eigenvalue weighted by molar-refractivity contribution is -0.697. The van der Waals surface area contributed by atoms with E-state index in [1.54, 1.807) is 0 Å². The lowest BCUT2D eigenvalue weighted by Crippen LogP contribution is -2.32. The lowest BCUT2D eigenvalue weighted by Gasteiger charge is -2.01. The van der Waals surface area contributed by atoms with Crippen molar-refractivity contribution in [2.24, 2.45) is 0 Å². The number of nitrogens with zero attached hydrogens (tertiary/aromatic N) is 1. The summed E-state index contributed by atoms with van der Waals surface area (Å²) in [5.41, 5.74) is 1.47. The van der Waals surface area contributed by atoms with Crippen LogP contribution in [-0.2, 0) is 13.0 Å². The highest BCUT2D eigenvalue weighted by atomic mass is 16.2. The van der Waals surface area contributed by atoms with Crippen molar-refractivity contribution in [1.29, 1.82) is 0 Å². The van der Waals surface area contributed by atoms with E-state index in [-0.39, 0.29) is 0 Å². The molecule has 1 N–H and O–H groups in total. The molecule has 1 aromatic heterocycles. The van der Waals surface area contributed by atoms with Gasteiger partial charge in [-0.3, -0.25) is 0 Å². The minimum absolute atomic E-state index is 0.333. The summed E-state index contributed by atoms with van der Waals surface area (Å²) in [5, 5.41) is 8.71. The Morgan fingerprint density at radius 2 is 1.58 bits per heavy atom. The molecule has 0 spiro atoms. The first kappa shape index (κ1) is 16.2. The van der Waals surface area contributed by atoms with Crippen LogP contribution in [0.4, 0.5) is 0 Å². The molecule has 0 radical (unpaired) electrons. The maximum absolute atomic E-state index is 8.71. The Kier molecular flexibility index (Phi) is 9.34. The van der Waals surface area contributed by atoms with Gasteiger partial charge in [0.2, 0.25) is 0 Å². The molecule has 2 heteroatoms. The van der Waals surface area contributed by atoms with Crippen LogP contribution < -0.4 is 4.57 Å². The Labute approximate surface area is 118 Å².